The zero-order valence-corrected chi connectivity index (χ0v) is 13.1. The van der Waals surface area contributed by atoms with E-state index in [9.17, 15) is 4.79 Å². The van der Waals surface area contributed by atoms with Crippen molar-refractivity contribution in [3.63, 3.8) is 0 Å². The lowest BCUT2D eigenvalue weighted by Crippen LogP contribution is -2.31. The van der Waals surface area contributed by atoms with E-state index in [1.807, 2.05) is 25.1 Å². The molecule has 3 rings (SSSR count). The second-order valence-corrected chi connectivity index (χ2v) is 5.79. The quantitative estimate of drug-likeness (QED) is 0.864. The second-order valence-electron chi connectivity index (χ2n) is 5.79. The van der Waals surface area contributed by atoms with Gasteiger partial charge in [-0.05, 0) is 31.7 Å². The van der Waals surface area contributed by atoms with Crippen molar-refractivity contribution in [2.45, 2.75) is 38.6 Å². The Kier molecular flexibility index (Phi) is 4.18. The van der Waals surface area contributed by atoms with Crippen molar-refractivity contribution in [1.82, 2.24) is 24.6 Å². The lowest BCUT2D eigenvalue weighted by Gasteiger charge is -2.24. The van der Waals surface area contributed by atoms with E-state index in [1.165, 1.54) is 0 Å². The van der Waals surface area contributed by atoms with E-state index in [2.05, 4.69) is 15.1 Å². The highest BCUT2D eigenvalue weighted by Crippen LogP contribution is 2.30. The minimum atomic E-state index is 0.0798. The molecule has 1 aliphatic rings. The van der Waals surface area contributed by atoms with E-state index < -0.39 is 0 Å². The molecule has 1 atom stereocenters. The Morgan fingerprint density at radius 3 is 2.95 bits per heavy atom. The van der Waals surface area contributed by atoms with Crippen molar-refractivity contribution < 1.29 is 4.79 Å². The van der Waals surface area contributed by atoms with Crippen LogP contribution in [0.4, 0.5) is 0 Å². The van der Waals surface area contributed by atoms with Gasteiger partial charge in [-0.25, -0.2) is 0 Å². The van der Waals surface area contributed by atoms with E-state index in [-0.39, 0.29) is 11.9 Å². The number of amides is 1. The minimum Gasteiger partial charge on any atom is -0.334 e. The Labute approximate surface area is 130 Å². The molecule has 1 fully saturated rings. The molecular formula is C16H21N5O. The first-order valence-corrected chi connectivity index (χ1v) is 7.69. The number of likely N-dealkylation sites (tertiary alicyclic amines) is 1. The smallest absolute Gasteiger partial charge is 0.223 e. The monoisotopic (exact) mass is 299 g/mol. The van der Waals surface area contributed by atoms with Gasteiger partial charge in [0, 0.05) is 38.6 Å². The first-order valence-electron chi connectivity index (χ1n) is 7.69. The van der Waals surface area contributed by atoms with Gasteiger partial charge in [-0.1, -0.05) is 0 Å². The average molecular weight is 299 g/mol. The van der Waals surface area contributed by atoms with Crippen LogP contribution in [-0.4, -0.2) is 37.1 Å². The van der Waals surface area contributed by atoms with Gasteiger partial charge in [0.05, 0.1) is 23.6 Å². The Balaban J connectivity index is 1.65. The Bertz CT molecular complexity index is 652. The molecule has 3 heterocycles. The van der Waals surface area contributed by atoms with Gasteiger partial charge in [-0.2, -0.15) is 5.10 Å². The molecule has 1 saturated heterocycles. The molecule has 0 aromatic carbocycles. The number of aromatic nitrogens is 4. The van der Waals surface area contributed by atoms with Gasteiger partial charge in [-0.3, -0.25) is 19.4 Å². The number of carbonyl (C=O) groups is 1. The molecular weight excluding hydrogens is 278 g/mol. The molecule has 0 radical (unpaired) electrons. The summed E-state index contributed by atoms with van der Waals surface area (Å²) in [5.74, 6) is 0.191. The van der Waals surface area contributed by atoms with Gasteiger partial charge in [0.1, 0.15) is 0 Å². The highest BCUT2D eigenvalue weighted by molar-refractivity contribution is 5.77. The second kappa shape index (κ2) is 6.25. The maximum Gasteiger partial charge on any atom is 0.223 e. The fraction of sp³-hybridized carbons (Fsp3) is 0.500. The molecule has 0 N–H and O–H groups in total. The van der Waals surface area contributed by atoms with E-state index >= 15 is 0 Å². The molecule has 2 aromatic heterocycles. The van der Waals surface area contributed by atoms with Crippen LogP contribution in [0.1, 0.15) is 42.3 Å². The van der Waals surface area contributed by atoms with Gasteiger partial charge < -0.3 is 4.90 Å². The maximum absolute atomic E-state index is 12.6. The molecule has 22 heavy (non-hydrogen) atoms. The largest absolute Gasteiger partial charge is 0.334 e. The van der Waals surface area contributed by atoms with E-state index in [4.69, 9.17) is 0 Å². The summed E-state index contributed by atoms with van der Waals surface area (Å²) in [7, 11) is 1.91. The maximum atomic E-state index is 12.6. The molecule has 1 aliphatic heterocycles. The van der Waals surface area contributed by atoms with Crippen molar-refractivity contribution in [3.8, 4) is 0 Å². The molecule has 0 aliphatic carbocycles. The van der Waals surface area contributed by atoms with Crippen LogP contribution in [0.3, 0.4) is 0 Å². The van der Waals surface area contributed by atoms with Crippen molar-refractivity contribution in [2.75, 3.05) is 6.54 Å². The summed E-state index contributed by atoms with van der Waals surface area (Å²) in [6, 6.07) is 0.0798. The summed E-state index contributed by atoms with van der Waals surface area (Å²) in [6.45, 7) is 2.80. The van der Waals surface area contributed by atoms with Crippen LogP contribution in [0, 0.1) is 6.92 Å². The van der Waals surface area contributed by atoms with Gasteiger partial charge >= 0.3 is 0 Å². The summed E-state index contributed by atoms with van der Waals surface area (Å²) >= 11 is 0. The third-order valence-corrected chi connectivity index (χ3v) is 4.22. The summed E-state index contributed by atoms with van der Waals surface area (Å²) in [5, 5.41) is 4.32. The summed E-state index contributed by atoms with van der Waals surface area (Å²) in [6.07, 6.45) is 10.4. The van der Waals surface area contributed by atoms with Crippen molar-refractivity contribution in [3.05, 3.63) is 41.7 Å². The molecule has 2 aromatic rings. The molecule has 6 heteroatoms. The van der Waals surface area contributed by atoms with Crippen LogP contribution in [0.2, 0.25) is 0 Å². The van der Waals surface area contributed by atoms with Crippen molar-refractivity contribution in [2.24, 2.45) is 7.05 Å². The molecule has 0 saturated carbocycles. The number of hydrogen-bond donors (Lipinski definition) is 0. The van der Waals surface area contributed by atoms with E-state index in [1.54, 1.807) is 23.3 Å². The van der Waals surface area contributed by atoms with Gasteiger partial charge in [-0.15, -0.1) is 0 Å². The topological polar surface area (TPSA) is 63.9 Å². The van der Waals surface area contributed by atoms with Gasteiger partial charge in [0.2, 0.25) is 5.91 Å². The van der Waals surface area contributed by atoms with Gasteiger partial charge in [0.15, 0.2) is 0 Å². The Morgan fingerprint density at radius 2 is 2.27 bits per heavy atom. The fourth-order valence-corrected chi connectivity index (χ4v) is 3.13. The molecule has 0 bridgehead atoms. The number of rotatable bonds is 4. The highest BCUT2D eigenvalue weighted by atomic mass is 16.2. The van der Waals surface area contributed by atoms with Crippen LogP contribution in [0.25, 0.3) is 0 Å². The number of hydrogen-bond acceptors (Lipinski definition) is 4. The number of aryl methyl sites for hydroxylation is 3. The van der Waals surface area contributed by atoms with E-state index in [0.717, 1.165) is 42.8 Å². The van der Waals surface area contributed by atoms with Crippen LogP contribution < -0.4 is 0 Å². The number of nitrogens with zero attached hydrogens (tertiary/aromatic N) is 5. The molecule has 1 amide bonds. The van der Waals surface area contributed by atoms with Crippen molar-refractivity contribution >= 4 is 5.91 Å². The highest BCUT2D eigenvalue weighted by Gasteiger charge is 2.30. The predicted molar refractivity (Wildman–Crippen MR) is 82.0 cm³/mol. The molecule has 116 valence electrons. The summed E-state index contributed by atoms with van der Waals surface area (Å²) in [5.41, 5.74) is 3.04. The van der Waals surface area contributed by atoms with Crippen LogP contribution >= 0.6 is 0 Å². The van der Waals surface area contributed by atoms with Gasteiger partial charge in [0.25, 0.3) is 0 Å². The lowest BCUT2D eigenvalue weighted by atomic mass is 10.1. The first kappa shape index (κ1) is 14.7. The summed E-state index contributed by atoms with van der Waals surface area (Å²) < 4.78 is 1.80. The SMILES string of the molecule is Cc1nn(C)cc1CCC(=O)N1CCCC1c1cnccn1. The normalized spacial score (nSPS) is 17.9. The minimum absolute atomic E-state index is 0.0798. The third-order valence-electron chi connectivity index (χ3n) is 4.22. The first-order chi connectivity index (χ1) is 10.6. The molecule has 6 nitrogen and oxygen atoms in total. The molecule has 1 unspecified atom stereocenters. The number of carbonyl (C=O) groups excluding carboxylic acids is 1. The van der Waals surface area contributed by atoms with E-state index in [0.29, 0.717) is 6.42 Å². The Hall–Kier alpha value is -2.24. The zero-order valence-electron chi connectivity index (χ0n) is 13.1. The zero-order chi connectivity index (χ0) is 15.5. The predicted octanol–water partition coefficient (Wildman–Crippen LogP) is 1.81. The lowest BCUT2D eigenvalue weighted by molar-refractivity contribution is -0.132. The molecule has 0 spiro atoms. The van der Waals surface area contributed by atoms with Crippen LogP contribution in [-0.2, 0) is 18.3 Å². The Morgan fingerprint density at radius 1 is 1.41 bits per heavy atom. The van der Waals surface area contributed by atoms with Crippen molar-refractivity contribution in [1.29, 1.82) is 0 Å². The average Bonchev–Trinajstić information content (AvgIpc) is 3.12. The van der Waals surface area contributed by atoms with Crippen LogP contribution in [0.15, 0.2) is 24.8 Å². The third kappa shape index (κ3) is 3.00. The standard InChI is InChI=1S/C16H21N5O/c1-12-13(11-20(2)19-12)5-6-16(22)21-9-3-4-15(21)14-10-17-7-8-18-14/h7-8,10-11,15H,3-6,9H2,1-2H3. The fourth-order valence-electron chi connectivity index (χ4n) is 3.13. The summed E-state index contributed by atoms with van der Waals surface area (Å²) in [4.78, 5) is 23.0. The van der Waals surface area contributed by atoms with Crippen LogP contribution in [0.5, 0.6) is 0 Å².